The van der Waals surface area contributed by atoms with Crippen molar-refractivity contribution >= 4 is 40.8 Å². The number of benzene rings is 4. The Bertz CT molecular complexity index is 1770. The second kappa shape index (κ2) is 11.1. The summed E-state index contributed by atoms with van der Waals surface area (Å²) in [6, 6.07) is 26.6. The Balaban J connectivity index is 1.20. The number of hydrogen-bond donors (Lipinski definition) is 1. The van der Waals surface area contributed by atoms with Crippen molar-refractivity contribution in [1.29, 1.82) is 0 Å². The highest BCUT2D eigenvalue weighted by Gasteiger charge is 2.53. The first-order valence-electron chi connectivity index (χ1n) is 15.6. The molecule has 4 amide bonds. The van der Waals surface area contributed by atoms with E-state index in [2.05, 4.69) is 0 Å². The predicted octanol–water partition coefficient (Wildman–Crippen LogP) is 6.68. The number of rotatable bonds is 1. The first-order valence-corrected chi connectivity index (χ1v) is 15.6. The number of carbonyl (C=O) groups excluding carboxylic acids is 2. The Labute approximate surface area is 266 Å². The number of ether oxygens (including phenoxy) is 2. The quantitative estimate of drug-likeness (QED) is 0.256. The molecular weight excluding hydrogens is 584 g/mol. The number of fused-ring (bicyclic) bond motifs is 6. The number of piperidine rings is 1. The van der Waals surface area contributed by atoms with Crippen molar-refractivity contribution in [1.82, 2.24) is 9.80 Å². The smallest absolute Gasteiger partial charge is 0.330 e. The van der Waals surface area contributed by atoms with Gasteiger partial charge in [0.1, 0.15) is 24.7 Å². The fraction of sp³-hybridized carbons (Fsp3) is 0.250. The summed E-state index contributed by atoms with van der Waals surface area (Å²) in [5, 5.41) is 10.8. The molecule has 2 saturated heterocycles. The van der Waals surface area contributed by atoms with Gasteiger partial charge in [0.05, 0.1) is 34.8 Å². The topological polar surface area (TPSA) is 103 Å². The molecule has 46 heavy (non-hydrogen) atoms. The zero-order chi connectivity index (χ0) is 31.4. The van der Waals surface area contributed by atoms with Gasteiger partial charge in [-0.15, -0.1) is 0 Å². The maximum absolute atomic E-state index is 14.8. The number of aliphatic carboxylic acids is 1. The van der Waals surface area contributed by atoms with E-state index in [0.717, 1.165) is 17.5 Å². The predicted molar refractivity (Wildman–Crippen MR) is 171 cm³/mol. The molecule has 10 heteroatoms. The van der Waals surface area contributed by atoms with Crippen LogP contribution < -0.4 is 19.3 Å². The number of urea groups is 2. The van der Waals surface area contributed by atoms with Crippen LogP contribution in [0.15, 0.2) is 97.1 Å². The van der Waals surface area contributed by atoms with Gasteiger partial charge in [0.15, 0.2) is 6.04 Å². The first-order chi connectivity index (χ1) is 22.5. The van der Waals surface area contributed by atoms with Crippen molar-refractivity contribution < 1.29 is 29.0 Å². The molecule has 0 aromatic heterocycles. The molecule has 3 atom stereocenters. The van der Waals surface area contributed by atoms with Gasteiger partial charge in [-0.1, -0.05) is 60.7 Å². The average molecular weight is 617 g/mol. The van der Waals surface area contributed by atoms with Gasteiger partial charge in [0.2, 0.25) is 0 Å². The number of likely N-dealkylation sites (tertiary alicyclic amines) is 1. The van der Waals surface area contributed by atoms with Crippen molar-refractivity contribution in [2.24, 2.45) is 0 Å². The van der Waals surface area contributed by atoms with Crippen molar-refractivity contribution in [2.45, 2.75) is 50.6 Å². The minimum absolute atomic E-state index is 0.0768. The largest absolute Gasteiger partial charge is 0.487 e. The van der Waals surface area contributed by atoms with Gasteiger partial charge in [-0.05, 0) is 55.7 Å². The molecule has 1 N–H and O–H groups in total. The third-order valence-corrected chi connectivity index (χ3v) is 9.44. The molecule has 2 bridgehead atoms. The molecule has 0 unspecified atom stereocenters. The summed E-state index contributed by atoms with van der Waals surface area (Å²) >= 11 is 0. The van der Waals surface area contributed by atoms with Crippen LogP contribution in [0.4, 0.5) is 32.3 Å². The summed E-state index contributed by atoms with van der Waals surface area (Å²) in [4.78, 5) is 49.2. The molecular formula is C36H32N4O6. The first kappa shape index (κ1) is 28.0. The number of amides is 4. The van der Waals surface area contributed by atoms with Gasteiger partial charge in [0, 0.05) is 17.7 Å². The lowest BCUT2D eigenvalue weighted by atomic mass is 9.86. The van der Waals surface area contributed by atoms with E-state index in [1.165, 1.54) is 4.90 Å². The SMILES string of the molecule is O=C(O)[C@@H]1[C@H]2CCC[C@@H](CN1C(=O)N1c3ccccc3COc3ccccc31)N2C(=O)N1c2ccccc2COc2ccccc21. The van der Waals surface area contributed by atoms with E-state index < -0.39 is 24.1 Å². The maximum Gasteiger partial charge on any atom is 0.330 e. The molecule has 4 heterocycles. The van der Waals surface area contributed by atoms with Gasteiger partial charge >= 0.3 is 18.0 Å². The average Bonchev–Trinajstić information content (AvgIpc) is 3.35. The van der Waals surface area contributed by atoms with Gasteiger partial charge in [0.25, 0.3) is 0 Å². The van der Waals surface area contributed by atoms with Crippen LogP contribution in [-0.2, 0) is 18.0 Å². The highest BCUT2D eigenvalue weighted by Crippen LogP contribution is 2.45. The molecule has 0 radical (unpaired) electrons. The number of carbonyl (C=O) groups is 3. The number of carboxylic acids is 1. The molecule has 4 aromatic carbocycles. The Morgan fingerprint density at radius 1 is 0.630 bits per heavy atom. The number of carboxylic acid groups (broad SMARTS) is 1. The van der Waals surface area contributed by atoms with Crippen molar-refractivity contribution in [2.75, 3.05) is 16.3 Å². The van der Waals surface area contributed by atoms with Gasteiger partial charge < -0.3 is 24.4 Å². The number of anilines is 4. The van der Waals surface area contributed by atoms with Gasteiger partial charge in [-0.25, -0.2) is 14.4 Å². The second-order valence-electron chi connectivity index (χ2n) is 12.0. The van der Waals surface area contributed by atoms with Crippen LogP contribution in [0.25, 0.3) is 0 Å². The summed E-state index contributed by atoms with van der Waals surface area (Å²) in [7, 11) is 0. The van der Waals surface area contributed by atoms with E-state index in [0.29, 0.717) is 53.7 Å². The molecule has 0 saturated carbocycles. The molecule has 0 aliphatic carbocycles. The lowest BCUT2D eigenvalue weighted by Gasteiger charge is -2.54. The Kier molecular flexibility index (Phi) is 6.78. The minimum Gasteiger partial charge on any atom is -0.487 e. The molecule has 10 nitrogen and oxygen atoms in total. The molecule has 4 aliphatic heterocycles. The molecule has 4 aromatic rings. The zero-order valence-corrected chi connectivity index (χ0v) is 25.0. The van der Waals surface area contributed by atoms with Gasteiger partial charge in [-0.3, -0.25) is 9.80 Å². The van der Waals surface area contributed by atoms with Crippen LogP contribution in [0, 0.1) is 0 Å². The molecule has 8 rings (SSSR count). The fourth-order valence-corrected chi connectivity index (χ4v) is 7.40. The maximum atomic E-state index is 14.8. The summed E-state index contributed by atoms with van der Waals surface area (Å²) < 4.78 is 12.2. The van der Waals surface area contributed by atoms with E-state index in [-0.39, 0.29) is 25.2 Å². The van der Waals surface area contributed by atoms with E-state index in [1.807, 2.05) is 97.1 Å². The van der Waals surface area contributed by atoms with E-state index in [9.17, 15) is 19.5 Å². The normalized spacial score (nSPS) is 21.3. The zero-order valence-electron chi connectivity index (χ0n) is 25.0. The lowest BCUT2D eigenvalue weighted by molar-refractivity contribution is -0.148. The van der Waals surface area contributed by atoms with Crippen molar-refractivity contribution in [3.63, 3.8) is 0 Å². The summed E-state index contributed by atoms with van der Waals surface area (Å²) in [5.74, 6) is -0.0423. The van der Waals surface area contributed by atoms with Crippen molar-refractivity contribution in [3.05, 3.63) is 108 Å². The molecule has 232 valence electrons. The van der Waals surface area contributed by atoms with Crippen LogP contribution in [0.2, 0.25) is 0 Å². The highest BCUT2D eigenvalue weighted by atomic mass is 16.5. The van der Waals surface area contributed by atoms with Crippen LogP contribution in [0.3, 0.4) is 0 Å². The third-order valence-electron chi connectivity index (χ3n) is 9.44. The molecule has 4 aliphatic rings. The molecule has 0 spiro atoms. The van der Waals surface area contributed by atoms with Crippen LogP contribution in [0.1, 0.15) is 30.4 Å². The highest BCUT2D eigenvalue weighted by molar-refractivity contribution is 6.05. The van der Waals surface area contributed by atoms with Crippen molar-refractivity contribution in [3.8, 4) is 11.5 Å². The Hall–Kier alpha value is -5.51. The summed E-state index contributed by atoms with van der Waals surface area (Å²) in [5.41, 5.74) is 4.14. The van der Waals surface area contributed by atoms with E-state index in [1.54, 1.807) is 14.7 Å². The monoisotopic (exact) mass is 616 g/mol. The minimum atomic E-state index is -1.26. The second-order valence-corrected chi connectivity index (χ2v) is 12.0. The van der Waals surface area contributed by atoms with Crippen LogP contribution in [-0.4, -0.2) is 57.6 Å². The third kappa shape index (κ3) is 4.43. The fourth-order valence-electron chi connectivity index (χ4n) is 7.40. The van der Waals surface area contributed by atoms with E-state index >= 15 is 0 Å². The number of hydrogen-bond acceptors (Lipinski definition) is 5. The summed E-state index contributed by atoms with van der Waals surface area (Å²) in [6.45, 7) is 0.648. The lowest BCUT2D eigenvalue weighted by Crippen LogP contribution is -2.72. The number of nitrogens with zero attached hydrogens (tertiary/aromatic N) is 4. The van der Waals surface area contributed by atoms with E-state index in [4.69, 9.17) is 9.47 Å². The summed E-state index contributed by atoms with van der Waals surface area (Å²) in [6.07, 6.45) is 1.85. The Morgan fingerprint density at radius 2 is 1.13 bits per heavy atom. The van der Waals surface area contributed by atoms with Crippen LogP contribution in [0.5, 0.6) is 11.5 Å². The van der Waals surface area contributed by atoms with Crippen LogP contribution >= 0.6 is 0 Å². The standard InChI is InChI=1S/C36H32N4O6/c41-34(42)33-30-17-9-12-25(38(30)36(44)40-27-14-4-2-11-24(27)22-46-32-19-8-6-16-29(32)40)20-37(33)35(43)39-26-13-3-1-10-23(26)21-45-31-18-7-5-15-28(31)39/h1-8,10-11,13-16,18-19,25,30,33H,9,12,17,20-22H2,(H,41,42)/t25-,30+,33-/m0/s1. The van der Waals surface area contributed by atoms with Gasteiger partial charge in [-0.2, -0.15) is 0 Å². The number of piperazine rings is 1. The molecule has 2 fully saturated rings. The number of para-hydroxylation sites is 6. The Morgan fingerprint density at radius 3 is 1.70 bits per heavy atom.